The zero-order valence-corrected chi connectivity index (χ0v) is 10.3. The number of benzene rings is 1. The van der Waals surface area contributed by atoms with Gasteiger partial charge in [-0.25, -0.2) is 4.79 Å². The van der Waals surface area contributed by atoms with Gasteiger partial charge in [-0.05, 0) is 25.5 Å². The Morgan fingerprint density at radius 3 is 2.61 bits per heavy atom. The number of carboxylic acid groups (broad SMARTS) is 1. The van der Waals surface area contributed by atoms with Crippen molar-refractivity contribution in [1.82, 2.24) is 9.13 Å². The molecule has 1 heterocycles. The van der Waals surface area contributed by atoms with Gasteiger partial charge in [0.2, 0.25) is 0 Å². The van der Waals surface area contributed by atoms with Crippen LogP contribution in [-0.2, 0) is 11.3 Å². The molecule has 0 saturated heterocycles. The van der Waals surface area contributed by atoms with E-state index in [0.29, 0.717) is 0 Å². The topological polar surface area (TPSA) is 64.2 Å². The molecule has 0 fully saturated rings. The van der Waals surface area contributed by atoms with Gasteiger partial charge in [0.25, 0.3) is 0 Å². The molecule has 18 heavy (non-hydrogen) atoms. The summed E-state index contributed by atoms with van der Waals surface area (Å²) in [7, 11) is 0. The van der Waals surface area contributed by atoms with Crippen LogP contribution in [0.4, 0.5) is 0 Å². The lowest BCUT2D eigenvalue weighted by molar-refractivity contribution is -0.137. The number of aryl methyl sites for hydroxylation is 2. The Morgan fingerprint density at radius 1 is 1.28 bits per heavy atom. The van der Waals surface area contributed by atoms with E-state index in [1.807, 2.05) is 32.0 Å². The van der Waals surface area contributed by atoms with E-state index in [2.05, 4.69) is 0 Å². The number of carboxylic acids is 1. The number of imidazole rings is 1. The Bertz CT molecular complexity index is 652. The third-order valence-corrected chi connectivity index (χ3v) is 2.76. The fourth-order valence-electron chi connectivity index (χ4n) is 1.94. The molecule has 5 nitrogen and oxygen atoms in total. The van der Waals surface area contributed by atoms with E-state index in [9.17, 15) is 9.59 Å². The Morgan fingerprint density at radius 2 is 2.00 bits per heavy atom. The summed E-state index contributed by atoms with van der Waals surface area (Å²) in [6, 6.07) is 5.76. The summed E-state index contributed by atoms with van der Waals surface area (Å²) in [4.78, 5) is 22.6. The van der Waals surface area contributed by atoms with Crippen LogP contribution in [0.1, 0.15) is 11.1 Å². The molecule has 0 saturated carbocycles. The molecule has 94 valence electrons. The number of rotatable bonds is 3. The van der Waals surface area contributed by atoms with E-state index in [1.165, 1.54) is 15.3 Å². The van der Waals surface area contributed by atoms with Gasteiger partial charge >= 0.3 is 11.7 Å². The summed E-state index contributed by atoms with van der Waals surface area (Å²) < 4.78 is 2.62. The second-order valence-electron chi connectivity index (χ2n) is 4.26. The van der Waals surface area contributed by atoms with Gasteiger partial charge in [-0.3, -0.25) is 13.9 Å². The van der Waals surface area contributed by atoms with Gasteiger partial charge in [0.1, 0.15) is 6.54 Å². The number of aliphatic carboxylic acids is 1. The minimum absolute atomic E-state index is 0.323. The first-order chi connectivity index (χ1) is 8.49. The maximum Gasteiger partial charge on any atom is 0.333 e. The largest absolute Gasteiger partial charge is 0.480 e. The Kier molecular flexibility index (Phi) is 3.06. The SMILES string of the molecule is Cc1ccc(-n2ccn(CC(=O)O)c2=O)c(C)c1. The third kappa shape index (κ3) is 2.20. The lowest BCUT2D eigenvalue weighted by Crippen LogP contribution is -2.26. The van der Waals surface area contributed by atoms with Crippen LogP contribution >= 0.6 is 0 Å². The van der Waals surface area contributed by atoms with E-state index in [-0.39, 0.29) is 12.2 Å². The number of hydrogen-bond acceptors (Lipinski definition) is 2. The van der Waals surface area contributed by atoms with Crippen LogP contribution < -0.4 is 5.69 Å². The number of aromatic nitrogens is 2. The van der Waals surface area contributed by atoms with Gasteiger partial charge in [-0.2, -0.15) is 0 Å². The Labute approximate surface area is 104 Å². The minimum Gasteiger partial charge on any atom is -0.480 e. The van der Waals surface area contributed by atoms with E-state index in [0.717, 1.165) is 16.8 Å². The van der Waals surface area contributed by atoms with Gasteiger partial charge < -0.3 is 5.11 Å². The second kappa shape index (κ2) is 4.52. The lowest BCUT2D eigenvalue weighted by atomic mass is 10.1. The van der Waals surface area contributed by atoms with Crippen LogP contribution in [0.5, 0.6) is 0 Å². The average Bonchev–Trinajstić information content (AvgIpc) is 2.60. The molecule has 0 aliphatic rings. The van der Waals surface area contributed by atoms with Crippen LogP contribution in [0, 0.1) is 13.8 Å². The molecule has 0 atom stereocenters. The summed E-state index contributed by atoms with van der Waals surface area (Å²) in [5.74, 6) is -1.03. The molecule has 0 amide bonds. The molecule has 1 aromatic heterocycles. The molecule has 2 aromatic rings. The fraction of sp³-hybridized carbons (Fsp3) is 0.231. The van der Waals surface area contributed by atoms with E-state index < -0.39 is 5.97 Å². The molecule has 0 aliphatic heterocycles. The summed E-state index contributed by atoms with van der Waals surface area (Å²) in [6.45, 7) is 3.58. The van der Waals surface area contributed by atoms with E-state index >= 15 is 0 Å². The highest BCUT2D eigenvalue weighted by atomic mass is 16.4. The average molecular weight is 246 g/mol. The van der Waals surface area contributed by atoms with Crippen LogP contribution in [-0.4, -0.2) is 20.2 Å². The lowest BCUT2D eigenvalue weighted by Gasteiger charge is -2.06. The van der Waals surface area contributed by atoms with Crippen LogP contribution in [0.2, 0.25) is 0 Å². The van der Waals surface area contributed by atoms with Crippen molar-refractivity contribution in [3.8, 4) is 5.69 Å². The molecule has 0 bridgehead atoms. The summed E-state index contributed by atoms with van der Waals surface area (Å²) in [5.41, 5.74) is 2.53. The molecule has 5 heteroatoms. The first-order valence-corrected chi connectivity index (χ1v) is 5.56. The highest BCUT2D eigenvalue weighted by Gasteiger charge is 2.09. The van der Waals surface area contributed by atoms with Crippen LogP contribution in [0.25, 0.3) is 5.69 Å². The smallest absolute Gasteiger partial charge is 0.333 e. The number of hydrogen-bond donors (Lipinski definition) is 1. The molecular formula is C13H14N2O3. The molecule has 0 unspecified atom stereocenters. The van der Waals surface area contributed by atoms with Crippen molar-refractivity contribution >= 4 is 5.97 Å². The quantitative estimate of drug-likeness (QED) is 0.888. The molecule has 1 N–H and O–H groups in total. The van der Waals surface area contributed by atoms with Gasteiger partial charge in [0, 0.05) is 12.4 Å². The Balaban J connectivity index is 2.49. The standard InChI is InChI=1S/C13H14N2O3/c1-9-3-4-11(10(2)7-9)15-6-5-14(13(15)18)8-12(16)17/h3-7H,8H2,1-2H3,(H,16,17). The van der Waals surface area contributed by atoms with Crippen molar-refractivity contribution in [2.75, 3.05) is 0 Å². The van der Waals surface area contributed by atoms with Crippen molar-refractivity contribution in [3.05, 3.63) is 52.2 Å². The van der Waals surface area contributed by atoms with Gasteiger partial charge in [0.15, 0.2) is 0 Å². The predicted molar refractivity (Wildman–Crippen MR) is 67.1 cm³/mol. The maximum atomic E-state index is 12.0. The first-order valence-electron chi connectivity index (χ1n) is 5.56. The minimum atomic E-state index is -1.03. The highest BCUT2D eigenvalue weighted by molar-refractivity contribution is 5.66. The zero-order valence-electron chi connectivity index (χ0n) is 10.3. The van der Waals surface area contributed by atoms with Gasteiger partial charge in [-0.15, -0.1) is 0 Å². The van der Waals surface area contributed by atoms with Crippen LogP contribution in [0.3, 0.4) is 0 Å². The Hall–Kier alpha value is -2.30. The number of carbonyl (C=O) groups is 1. The van der Waals surface area contributed by atoms with Crippen molar-refractivity contribution in [2.45, 2.75) is 20.4 Å². The third-order valence-electron chi connectivity index (χ3n) is 2.76. The summed E-state index contributed by atoms with van der Waals surface area (Å²) >= 11 is 0. The molecular weight excluding hydrogens is 232 g/mol. The zero-order chi connectivity index (χ0) is 13.3. The van der Waals surface area contributed by atoms with Crippen molar-refractivity contribution in [3.63, 3.8) is 0 Å². The normalized spacial score (nSPS) is 10.6. The van der Waals surface area contributed by atoms with Gasteiger partial charge in [-0.1, -0.05) is 17.7 Å². The predicted octanol–water partition coefficient (Wildman–Crippen LogP) is 1.34. The monoisotopic (exact) mass is 246 g/mol. The fourth-order valence-corrected chi connectivity index (χ4v) is 1.94. The second-order valence-corrected chi connectivity index (χ2v) is 4.26. The van der Waals surface area contributed by atoms with Crippen molar-refractivity contribution < 1.29 is 9.90 Å². The highest BCUT2D eigenvalue weighted by Crippen LogP contribution is 2.13. The number of nitrogens with zero attached hydrogens (tertiary/aromatic N) is 2. The van der Waals surface area contributed by atoms with Crippen molar-refractivity contribution in [2.24, 2.45) is 0 Å². The molecule has 0 aliphatic carbocycles. The molecule has 2 rings (SSSR count). The molecule has 0 radical (unpaired) electrons. The van der Waals surface area contributed by atoms with Crippen LogP contribution in [0.15, 0.2) is 35.4 Å². The molecule has 0 spiro atoms. The summed E-state index contributed by atoms with van der Waals surface area (Å²) in [6.07, 6.45) is 3.07. The van der Waals surface area contributed by atoms with Crippen molar-refractivity contribution in [1.29, 1.82) is 0 Å². The van der Waals surface area contributed by atoms with E-state index in [4.69, 9.17) is 5.11 Å². The van der Waals surface area contributed by atoms with E-state index in [1.54, 1.807) is 6.20 Å². The first kappa shape index (κ1) is 12.2. The maximum absolute atomic E-state index is 12.0. The molecule has 1 aromatic carbocycles. The van der Waals surface area contributed by atoms with Gasteiger partial charge in [0.05, 0.1) is 5.69 Å². The summed E-state index contributed by atoms with van der Waals surface area (Å²) in [5, 5.41) is 8.69.